The molecule has 0 amide bonds. The number of carboxylic acid groups (broad SMARTS) is 1. The van der Waals surface area contributed by atoms with E-state index in [1.807, 2.05) is 6.92 Å². The van der Waals surface area contributed by atoms with Crippen LogP contribution in [0.1, 0.15) is 18.9 Å². The Hall–Kier alpha value is -1.74. The first-order valence-electron chi connectivity index (χ1n) is 5.47. The first-order valence-corrected chi connectivity index (χ1v) is 5.85. The van der Waals surface area contributed by atoms with Gasteiger partial charge < -0.3 is 9.84 Å². The molecule has 1 aromatic rings. The zero-order chi connectivity index (χ0) is 13.5. The molecule has 0 aromatic heterocycles. The molecule has 4 heteroatoms. The van der Waals surface area contributed by atoms with Crippen LogP contribution >= 0.6 is 11.6 Å². The van der Waals surface area contributed by atoms with Crippen molar-refractivity contribution in [2.45, 2.75) is 13.3 Å². The maximum atomic E-state index is 10.5. The van der Waals surface area contributed by atoms with E-state index in [1.54, 1.807) is 18.2 Å². The van der Waals surface area contributed by atoms with E-state index in [4.69, 9.17) is 21.4 Å². The summed E-state index contributed by atoms with van der Waals surface area (Å²) in [6, 6.07) is 5.21. The summed E-state index contributed by atoms with van der Waals surface area (Å²) in [6.45, 7) is 6.20. The van der Waals surface area contributed by atoms with Gasteiger partial charge in [0.25, 0.3) is 0 Å². The van der Waals surface area contributed by atoms with Gasteiger partial charge in [-0.2, -0.15) is 0 Å². The van der Waals surface area contributed by atoms with E-state index in [-0.39, 0.29) is 0 Å². The van der Waals surface area contributed by atoms with Crippen LogP contribution in [0, 0.1) is 0 Å². The van der Waals surface area contributed by atoms with Crippen LogP contribution in [0.3, 0.4) is 0 Å². The molecule has 3 nitrogen and oxygen atoms in total. The molecule has 0 bridgehead atoms. The first kappa shape index (κ1) is 14.3. The van der Waals surface area contributed by atoms with E-state index in [0.29, 0.717) is 22.9 Å². The highest BCUT2D eigenvalue weighted by molar-refractivity contribution is 6.32. The van der Waals surface area contributed by atoms with Gasteiger partial charge in [-0.3, -0.25) is 0 Å². The van der Waals surface area contributed by atoms with Gasteiger partial charge >= 0.3 is 5.97 Å². The summed E-state index contributed by atoms with van der Waals surface area (Å²) in [4.78, 5) is 10.5. The molecular formula is C14H15ClO3. The summed E-state index contributed by atoms with van der Waals surface area (Å²) in [5.41, 5.74) is 1.60. The fraction of sp³-hybridized carbons (Fsp3) is 0.214. The lowest BCUT2D eigenvalue weighted by Crippen LogP contribution is -1.99. The van der Waals surface area contributed by atoms with E-state index in [0.717, 1.165) is 18.1 Å². The Morgan fingerprint density at radius 1 is 1.56 bits per heavy atom. The Morgan fingerprint density at radius 3 is 2.89 bits per heavy atom. The number of carbonyl (C=O) groups is 1. The zero-order valence-electron chi connectivity index (χ0n) is 10.1. The van der Waals surface area contributed by atoms with Crippen molar-refractivity contribution in [2.75, 3.05) is 6.61 Å². The molecule has 0 aliphatic heterocycles. The second-order valence-electron chi connectivity index (χ2n) is 3.88. The van der Waals surface area contributed by atoms with Gasteiger partial charge in [-0.15, -0.1) is 6.58 Å². The maximum Gasteiger partial charge on any atom is 0.328 e. The molecule has 0 aliphatic rings. The summed E-state index contributed by atoms with van der Waals surface area (Å²) >= 11 is 6.01. The van der Waals surface area contributed by atoms with Crippen LogP contribution in [0.15, 0.2) is 36.4 Å². The first-order chi connectivity index (χ1) is 8.50. The van der Waals surface area contributed by atoms with Gasteiger partial charge in [0.15, 0.2) is 0 Å². The van der Waals surface area contributed by atoms with Crippen LogP contribution in [0.25, 0.3) is 6.08 Å². The molecule has 96 valence electrons. The maximum absolute atomic E-state index is 10.5. The van der Waals surface area contributed by atoms with Gasteiger partial charge in [0.2, 0.25) is 0 Å². The molecule has 0 saturated heterocycles. The lowest BCUT2D eigenvalue weighted by molar-refractivity contribution is -0.131. The number of rotatable bonds is 6. The number of carboxylic acids is 1. The molecule has 0 spiro atoms. The Balaban J connectivity index is 2.86. The van der Waals surface area contributed by atoms with E-state index >= 15 is 0 Å². The van der Waals surface area contributed by atoms with Gasteiger partial charge in [-0.05, 0) is 25.1 Å². The van der Waals surface area contributed by atoms with Crippen molar-refractivity contribution >= 4 is 23.6 Å². The number of ether oxygens (including phenoxy) is 1. The van der Waals surface area contributed by atoms with Crippen LogP contribution in [0.2, 0.25) is 5.02 Å². The summed E-state index contributed by atoms with van der Waals surface area (Å²) < 4.78 is 5.57. The molecule has 0 radical (unpaired) electrons. The Kier molecular flexibility index (Phi) is 5.46. The second-order valence-corrected chi connectivity index (χ2v) is 4.29. The quantitative estimate of drug-likeness (QED) is 0.629. The topological polar surface area (TPSA) is 46.5 Å². The molecule has 0 heterocycles. The molecule has 1 rings (SSSR count). The minimum atomic E-state index is -1.03. The third-order valence-electron chi connectivity index (χ3n) is 2.19. The highest BCUT2D eigenvalue weighted by Gasteiger charge is 2.05. The minimum Gasteiger partial charge on any atom is -0.493 e. The predicted octanol–water partition coefficient (Wildman–Crippen LogP) is 3.78. The van der Waals surface area contributed by atoms with Crippen molar-refractivity contribution in [3.8, 4) is 5.75 Å². The van der Waals surface area contributed by atoms with Crippen LogP contribution < -0.4 is 4.74 Å². The molecule has 1 N–H and O–H groups in total. The molecule has 0 fully saturated rings. The van der Waals surface area contributed by atoms with Crippen molar-refractivity contribution in [3.63, 3.8) is 0 Å². The van der Waals surface area contributed by atoms with Crippen molar-refractivity contribution in [2.24, 2.45) is 0 Å². The van der Waals surface area contributed by atoms with Crippen molar-refractivity contribution in [1.29, 1.82) is 0 Å². The van der Waals surface area contributed by atoms with Gasteiger partial charge in [-0.1, -0.05) is 23.2 Å². The lowest BCUT2D eigenvalue weighted by atomic mass is 10.2. The Labute approximate surface area is 111 Å². The third kappa shape index (κ3) is 4.63. The number of aliphatic carboxylic acids is 1. The summed E-state index contributed by atoms with van der Waals surface area (Å²) in [5.74, 6) is -0.455. The van der Waals surface area contributed by atoms with Crippen LogP contribution in [-0.4, -0.2) is 17.7 Å². The average molecular weight is 267 g/mol. The Bertz CT molecular complexity index is 478. The van der Waals surface area contributed by atoms with E-state index in [1.165, 1.54) is 6.08 Å². The smallest absolute Gasteiger partial charge is 0.328 e. The second kappa shape index (κ2) is 6.87. The fourth-order valence-electron chi connectivity index (χ4n) is 1.29. The summed E-state index contributed by atoms with van der Waals surface area (Å²) in [6.07, 6.45) is 3.21. The standard InChI is InChI=1S/C14H15ClO3/c1-10(2)8-9-18-13-5-3-4-12(15)11(13)6-7-14(16)17/h3-7H,1,8-9H2,2H3,(H,16,17)/b7-6+. The molecule has 0 saturated carbocycles. The third-order valence-corrected chi connectivity index (χ3v) is 2.52. The molecule has 0 unspecified atom stereocenters. The average Bonchev–Trinajstić information content (AvgIpc) is 2.27. The number of hydrogen-bond acceptors (Lipinski definition) is 2. The van der Waals surface area contributed by atoms with Crippen LogP contribution in [-0.2, 0) is 4.79 Å². The van der Waals surface area contributed by atoms with Gasteiger partial charge in [-0.25, -0.2) is 4.79 Å². The van der Waals surface area contributed by atoms with Crippen molar-refractivity contribution in [1.82, 2.24) is 0 Å². The van der Waals surface area contributed by atoms with Crippen molar-refractivity contribution in [3.05, 3.63) is 47.0 Å². The van der Waals surface area contributed by atoms with Crippen LogP contribution in [0.5, 0.6) is 5.75 Å². The summed E-state index contributed by atoms with van der Waals surface area (Å²) in [5, 5.41) is 9.08. The fourth-order valence-corrected chi connectivity index (χ4v) is 1.52. The summed E-state index contributed by atoms with van der Waals surface area (Å²) in [7, 11) is 0. The van der Waals surface area contributed by atoms with E-state index in [9.17, 15) is 4.79 Å². The van der Waals surface area contributed by atoms with E-state index < -0.39 is 5.97 Å². The number of halogens is 1. The largest absolute Gasteiger partial charge is 0.493 e. The monoisotopic (exact) mass is 266 g/mol. The normalized spacial score (nSPS) is 10.6. The highest BCUT2D eigenvalue weighted by atomic mass is 35.5. The van der Waals surface area contributed by atoms with Crippen molar-refractivity contribution < 1.29 is 14.6 Å². The SMILES string of the molecule is C=C(C)CCOc1cccc(Cl)c1/C=C/C(=O)O. The lowest BCUT2D eigenvalue weighted by Gasteiger charge is -2.10. The van der Waals surface area contributed by atoms with Gasteiger partial charge in [0, 0.05) is 18.1 Å². The predicted molar refractivity (Wildman–Crippen MR) is 73.0 cm³/mol. The van der Waals surface area contributed by atoms with Gasteiger partial charge in [0.1, 0.15) is 5.75 Å². The number of hydrogen-bond donors (Lipinski definition) is 1. The minimum absolute atomic E-state index is 0.459. The number of benzene rings is 1. The highest BCUT2D eigenvalue weighted by Crippen LogP contribution is 2.28. The molecule has 18 heavy (non-hydrogen) atoms. The van der Waals surface area contributed by atoms with Crippen LogP contribution in [0.4, 0.5) is 0 Å². The zero-order valence-corrected chi connectivity index (χ0v) is 10.9. The molecular weight excluding hydrogens is 252 g/mol. The van der Waals surface area contributed by atoms with E-state index in [2.05, 4.69) is 6.58 Å². The molecule has 0 aliphatic carbocycles. The molecule has 0 atom stereocenters. The Morgan fingerprint density at radius 2 is 2.28 bits per heavy atom. The van der Waals surface area contributed by atoms with Gasteiger partial charge in [0.05, 0.1) is 11.6 Å². The molecule has 1 aromatic carbocycles.